The van der Waals surface area contributed by atoms with Crippen molar-refractivity contribution in [2.75, 3.05) is 0 Å². The van der Waals surface area contributed by atoms with Crippen LogP contribution in [0.15, 0.2) is 53.4 Å². The van der Waals surface area contributed by atoms with Gasteiger partial charge >= 0.3 is 0 Å². The van der Waals surface area contributed by atoms with Crippen molar-refractivity contribution in [2.45, 2.75) is 27.3 Å². The molecular weight excluding hydrogens is 338 g/mol. The van der Waals surface area contributed by atoms with Crippen LogP contribution in [0.3, 0.4) is 0 Å². The Morgan fingerprint density at radius 3 is 2.63 bits per heavy atom. The summed E-state index contributed by atoms with van der Waals surface area (Å²) in [5, 5.41) is 5.70. The van der Waals surface area contributed by atoms with Gasteiger partial charge in [-0.2, -0.15) is 0 Å². The summed E-state index contributed by atoms with van der Waals surface area (Å²) >= 11 is 0. The summed E-state index contributed by atoms with van der Waals surface area (Å²) < 4.78 is 9.48. The minimum absolute atomic E-state index is 0.644. The van der Waals surface area contributed by atoms with Gasteiger partial charge in [-0.25, -0.2) is 14.5 Å². The number of aryl methyl sites for hydroxylation is 2. The normalized spacial score (nSPS) is 11.7. The number of nitrogens with zero attached hydrogens (tertiary/aromatic N) is 5. The zero-order valence-corrected chi connectivity index (χ0v) is 15.5. The molecule has 5 rings (SSSR count). The lowest BCUT2D eigenvalue weighted by Crippen LogP contribution is -2.02. The number of aromatic nitrogens is 5. The molecule has 0 bridgehead atoms. The lowest BCUT2D eigenvalue weighted by Gasteiger charge is -2.05. The highest BCUT2D eigenvalue weighted by Crippen LogP contribution is 2.29. The maximum Gasteiger partial charge on any atom is 0.182 e. The zero-order chi connectivity index (χ0) is 18.5. The van der Waals surface area contributed by atoms with E-state index in [1.807, 2.05) is 24.3 Å². The first-order valence-corrected chi connectivity index (χ1v) is 8.92. The van der Waals surface area contributed by atoms with Crippen LogP contribution < -0.4 is 0 Å². The van der Waals surface area contributed by atoms with Crippen LogP contribution in [0, 0.1) is 20.8 Å². The van der Waals surface area contributed by atoms with E-state index in [0.29, 0.717) is 6.54 Å². The van der Waals surface area contributed by atoms with E-state index >= 15 is 0 Å². The van der Waals surface area contributed by atoms with Crippen LogP contribution >= 0.6 is 0 Å². The van der Waals surface area contributed by atoms with Gasteiger partial charge in [-0.05, 0) is 44.0 Å². The minimum atomic E-state index is 0.644. The monoisotopic (exact) mass is 357 g/mol. The third-order valence-corrected chi connectivity index (χ3v) is 5.23. The van der Waals surface area contributed by atoms with Gasteiger partial charge in [0, 0.05) is 11.3 Å². The third kappa shape index (κ3) is 2.37. The van der Waals surface area contributed by atoms with Crippen molar-refractivity contribution < 1.29 is 4.42 Å². The van der Waals surface area contributed by atoms with Gasteiger partial charge in [0.2, 0.25) is 0 Å². The molecule has 0 saturated heterocycles. The molecule has 0 fully saturated rings. The molecule has 27 heavy (non-hydrogen) atoms. The Morgan fingerprint density at radius 2 is 1.85 bits per heavy atom. The van der Waals surface area contributed by atoms with Crippen molar-refractivity contribution in [2.24, 2.45) is 0 Å². The quantitative estimate of drug-likeness (QED) is 0.483. The summed E-state index contributed by atoms with van der Waals surface area (Å²) in [4.78, 5) is 9.54. The SMILES string of the molecule is Cc1ccccc1-c1nc2c3c(C)c(C)n(Cc4ccco4)c3ncn2n1. The first-order valence-electron chi connectivity index (χ1n) is 8.92. The fourth-order valence-corrected chi connectivity index (χ4v) is 3.62. The number of rotatable bonds is 3. The first-order chi connectivity index (χ1) is 13.1. The molecule has 6 heteroatoms. The number of hydrogen-bond acceptors (Lipinski definition) is 4. The molecule has 0 amide bonds. The Balaban J connectivity index is 1.74. The Hall–Kier alpha value is -3.41. The van der Waals surface area contributed by atoms with Gasteiger partial charge in [0.25, 0.3) is 0 Å². The van der Waals surface area contributed by atoms with Gasteiger partial charge in [-0.3, -0.25) is 0 Å². The van der Waals surface area contributed by atoms with E-state index in [1.165, 1.54) is 5.56 Å². The Morgan fingerprint density at radius 1 is 1.00 bits per heavy atom. The van der Waals surface area contributed by atoms with Gasteiger partial charge < -0.3 is 8.98 Å². The summed E-state index contributed by atoms with van der Waals surface area (Å²) in [6.07, 6.45) is 3.44. The Bertz CT molecular complexity index is 1280. The number of fused-ring (bicyclic) bond motifs is 3. The van der Waals surface area contributed by atoms with Gasteiger partial charge in [0.1, 0.15) is 17.7 Å². The van der Waals surface area contributed by atoms with Crippen molar-refractivity contribution in [3.05, 3.63) is 71.6 Å². The maximum atomic E-state index is 5.53. The van der Waals surface area contributed by atoms with Crippen LogP contribution in [0.1, 0.15) is 22.6 Å². The first kappa shape index (κ1) is 15.8. The van der Waals surface area contributed by atoms with Crippen LogP contribution in [0.2, 0.25) is 0 Å². The topological polar surface area (TPSA) is 61.2 Å². The van der Waals surface area contributed by atoms with E-state index in [0.717, 1.165) is 45.1 Å². The van der Waals surface area contributed by atoms with Gasteiger partial charge in [-0.15, -0.1) is 5.10 Å². The maximum absolute atomic E-state index is 5.53. The second kappa shape index (κ2) is 5.81. The molecule has 6 nitrogen and oxygen atoms in total. The third-order valence-electron chi connectivity index (χ3n) is 5.23. The van der Waals surface area contributed by atoms with E-state index in [9.17, 15) is 0 Å². The summed E-state index contributed by atoms with van der Waals surface area (Å²) in [5.41, 5.74) is 6.25. The molecule has 0 N–H and O–H groups in total. The molecule has 0 unspecified atom stereocenters. The highest BCUT2D eigenvalue weighted by Gasteiger charge is 2.19. The molecule has 0 saturated carbocycles. The number of furan rings is 1. The highest BCUT2D eigenvalue weighted by molar-refractivity contribution is 5.94. The standard InChI is InChI=1S/C21H19N5O/c1-13-7-4-5-9-17(13)19-23-21-18-14(2)15(3)25(11-16-8-6-10-27-16)20(18)22-12-26(21)24-19/h4-10,12H,11H2,1-3H3. The average molecular weight is 357 g/mol. The largest absolute Gasteiger partial charge is 0.467 e. The summed E-state index contributed by atoms with van der Waals surface area (Å²) in [6.45, 7) is 6.93. The zero-order valence-electron chi connectivity index (χ0n) is 15.5. The lowest BCUT2D eigenvalue weighted by atomic mass is 10.1. The molecule has 0 spiro atoms. The van der Waals surface area contributed by atoms with Crippen LogP contribution in [0.4, 0.5) is 0 Å². The van der Waals surface area contributed by atoms with Crippen LogP contribution in [-0.2, 0) is 6.54 Å². The minimum Gasteiger partial charge on any atom is -0.467 e. The Labute approximate surface area is 156 Å². The van der Waals surface area contributed by atoms with Crippen LogP contribution in [0.5, 0.6) is 0 Å². The Kier molecular flexibility index (Phi) is 3.40. The van der Waals surface area contributed by atoms with Crippen molar-refractivity contribution in [3.63, 3.8) is 0 Å². The van der Waals surface area contributed by atoms with E-state index in [4.69, 9.17) is 9.40 Å². The molecular formula is C21H19N5O. The summed E-state index contributed by atoms with van der Waals surface area (Å²) in [7, 11) is 0. The van der Waals surface area contributed by atoms with E-state index < -0.39 is 0 Å². The number of hydrogen-bond donors (Lipinski definition) is 0. The van der Waals surface area contributed by atoms with E-state index in [-0.39, 0.29) is 0 Å². The smallest absolute Gasteiger partial charge is 0.182 e. The molecule has 4 aromatic heterocycles. The molecule has 0 atom stereocenters. The second-order valence-electron chi connectivity index (χ2n) is 6.84. The van der Waals surface area contributed by atoms with Crippen molar-refractivity contribution in [1.29, 1.82) is 0 Å². The average Bonchev–Trinajstić information content (AvgIpc) is 3.38. The second-order valence-corrected chi connectivity index (χ2v) is 6.84. The molecule has 134 valence electrons. The van der Waals surface area contributed by atoms with E-state index in [2.05, 4.69) is 47.6 Å². The molecule has 0 aliphatic heterocycles. The fraction of sp³-hybridized carbons (Fsp3) is 0.190. The number of benzene rings is 1. The van der Waals surface area contributed by atoms with Gasteiger partial charge in [0.15, 0.2) is 11.5 Å². The predicted octanol–water partition coefficient (Wildman–Crippen LogP) is 4.31. The highest BCUT2D eigenvalue weighted by atomic mass is 16.3. The van der Waals surface area contributed by atoms with Crippen LogP contribution in [-0.4, -0.2) is 24.1 Å². The van der Waals surface area contributed by atoms with Crippen molar-refractivity contribution in [3.8, 4) is 11.4 Å². The van der Waals surface area contributed by atoms with Gasteiger partial charge in [0.05, 0.1) is 18.2 Å². The summed E-state index contributed by atoms with van der Waals surface area (Å²) in [6, 6.07) is 12.0. The molecule has 0 aliphatic carbocycles. The molecule has 1 aromatic carbocycles. The predicted molar refractivity (Wildman–Crippen MR) is 104 cm³/mol. The van der Waals surface area contributed by atoms with Crippen LogP contribution in [0.25, 0.3) is 28.1 Å². The molecule has 4 heterocycles. The molecule has 5 aromatic rings. The van der Waals surface area contributed by atoms with Gasteiger partial charge in [-0.1, -0.05) is 24.3 Å². The fourth-order valence-electron chi connectivity index (χ4n) is 3.62. The van der Waals surface area contributed by atoms with E-state index in [1.54, 1.807) is 17.1 Å². The molecule has 0 radical (unpaired) electrons. The molecule has 0 aliphatic rings. The summed E-state index contributed by atoms with van der Waals surface area (Å²) in [5.74, 6) is 1.62. The van der Waals surface area contributed by atoms with Crippen molar-refractivity contribution in [1.82, 2.24) is 24.1 Å². The van der Waals surface area contributed by atoms with Crippen molar-refractivity contribution >= 4 is 16.7 Å². The lowest BCUT2D eigenvalue weighted by molar-refractivity contribution is 0.494.